The predicted octanol–water partition coefficient (Wildman–Crippen LogP) is 0.784. The Bertz CT molecular complexity index is 372. The van der Waals surface area contributed by atoms with Crippen molar-refractivity contribution in [2.45, 2.75) is 38.3 Å². The Morgan fingerprint density at radius 3 is 3.11 bits per heavy atom. The number of aliphatic hydroxyl groups is 1. The minimum atomic E-state index is -0.0437. The molecular formula is C13H23N3O2. The summed E-state index contributed by atoms with van der Waals surface area (Å²) >= 11 is 0. The summed E-state index contributed by atoms with van der Waals surface area (Å²) in [6.07, 6.45) is 5.42. The molecule has 0 spiro atoms. The fraction of sp³-hybridized carbons (Fsp3) is 0.769. The molecule has 0 saturated carbocycles. The van der Waals surface area contributed by atoms with Crippen LogP contribution in [0, 0.1) is 0 Å². The normalized spacial score (nSPS) is 21.4. The van der Waals surface area contributed by atoms with Gasteiger partial charge in [-0.2, -0.15) is 5.10 Å². The van der Waals surface area contributed by atoms with E-state index in [9.17, 15) is 5.11 Å². The van der Waals surface area contributed by atoms with Gasteiger partial charge in [-0.05, 0) is 19.3 Å². The van der Waals surface area contributed by atoms with Gasteiger partial charge in [-0.3, -0.25) is 4.68 Å². The van der Waals surface area contributed by atoms with Crippen LogP contribution in [0.3, 0.4) is 0 Å². The summed E-state index contributed by atoms with van der Waals surface area (Å²) < 4.78 is 7.39. The highest BCUT2D eigenvalue weighted by atomic mass is 16.5. The maximum absolute atomic E-state index is 9.54. The monoisotopic (exact) mass is 253 g/mol. The number of rotatable bonds is 6. The van der Waals surface area contributed by atoms with Crippen molar-refractivity contribution in [2.24, 2.45) is 7.05 Å². The van der Waals surface area contributed by atoms with Crippen LogP contribution in [0.15, 0.2) is 6.20 Å². The van der Waals surface area contributed by atoms with E-state index in [0.29, 0.717) is 6.10 Å². The smallest absolute Gasteiger partial charge is 0.0700 e. The molecule has 5 nitrogen and oxygen atoms in total. The van der Waals surface area contributed by atoms with Crippen molar-refractivity contribution in [2.75, 3.05) is 19.8 Å². The number of ether oxygens (including phenoxy) is 1. The lowest BCUT2D eigenvalue weighted by atomic mass is 10.1. The van der Waals surface area contributed by atoms with Crippen LogP contribution in [0.4, 0.5) is 0 Å². The zero-order valence-corrected chi connectivity index (χ0v) is 11.2. The van der Waals surface area contributed by atoms with E-state index in [1.165, 1.54) is 0 Å². The molecule has 2 rings (SSSR count). The van der Waals surface area contributed by atoms with Crippen molar-refractivity contribution in [1.29, 1.82) is 0 Å². The second-order valence-corrected chi connectivity index (χ2v) is 4.84. The molecule has 2 N–H and O–H groups in total. The minimum absolute atomic E-state index is 0.0437. The van der Waals surface area contributed by atoms with Crippen LogP contribution in [0.1, 0.15) is 37.1 Å². The second kappa shape index (κ2) is 6.31. The lowest BCUT2D eigenvalue weighted by molar-refractivity contribution is 0.104. The van der Waals surface area contributed by atoms with E-state index >= 15 is 0 Å². The zero-order valence-electron chi connectivity index (χ0n) is 11.2. The molecule has 1 fully saturated rings. The Labute approximate surface area is 108 Å². The summed E-state index contributed by atoms with van der Waals surface area (Å²) in [7, 11) is 1.91. The molecule has 2 unspecified atom stereocenters. The maximum Gasteiger partial charge on any atom is 0.0700 e. The average Bonchev–Trinajstić information content (AvgIpc) is 2.99. The molecule has 0 amide bonds. The van der Waals surface area contributed by atoms with Crippen LogP contribution in [-0.4, -0.2) is 40.7 Å². The Hall–Kier alpha value is -0.910. The van der Waals surface area contributed by atoms with Crippen LogP contribution >= 0.6 is 0 Å². The molecule has 2 atom stereocenters. The quantitative estimate of drug-likeness (QED) is 0.787. The molecule has 0 aliphatic carbocycles. The van der Waals surface area contributed by atoms with Crippen molar-refractivity contribution < 1.29 is 9.84 Å². The van der Waals surface area contributed by atoms with Gasteiger partial charge >= 0.3 is 0 Å². The Balaban J connectivity index is 1.97. The second-order valence-electron chi connectivity index (χ2n) is 4.84. The Morgan fingerprint density at radius 2 is 2.50 bits per heavy atom. The fourth-order valence-electron chi connectivity index (χ4n) is 2.47. The third kappa shape index (κ3) is 3.10. The lowest BCUT2D eigenvalue weighted by Gasteiger charge is -2.18. The number of nitrogens with zero attached hydrogens (tertiary/aromatic N) is 2. The molecule has 1 saturated heterocycles. The molecule has 0 bridgehead atoms. The molecule has 5 heteroatoms. The number of aromatic nitrogens is 2. The molecular weight excluding hydrogens is 230 g/mol. The molecule has 1 aromatic rings. The van der Waals surface area contributed by atoms with Gasteiger partial charge in [0.1, 0.15) is 0 Å². The van der Waals surface area contributed by atoms with Crippen molar-refractivity contribution in [1.82, 2.24) is 15.1 Å². The zero-order chi connectivity index (χ0) is 13.0. The van der Waals surface area contributed by atoms with Crippen molar-refractivity contribution in [3.05, 3.63) is 17.5 Å². The van der Waals surface area contributed by atoms with Crippen LogP contribution in [0.5, 0.6) is 0 Å². The number of aryl methyl sites for hydroxylation is 2. The standard InChI is InChI=1S/C13H23N3O2/c1-3-12-11(8-16(2)15-12)13(9-17)14-7-10-5-4-6-18-10/h8,10,13-14,17H,3-7,9H2,1-2H3. The van der Waals surface area contributed by atoms with E-state index in [1.807, 2.05) is 17.9 Å². The van der Waals surface area contributed by atoms with Crippen LogP contribution in [-0.2, 0) is 18.2 Å². The maximum atomic E-state index is 9.54. The average molecular weight is 253 g/mol. The summed E-state index contributed by atoms with van der Waals surface area (Å²) in [4.78, 5) is 0. The van der Waals surface area contributed by atoms with Gasteiger partial charge in [-0.15, -0.1) is 0 Å². The molecule has 2 heterocycles. The first-order chi connectivity index (χ1) is 8.74. The minimum Gasteiger partial charge on any atom is -0.394 e. The van der Waals surface area contributed by atoms with Gasteiger partial charge < -0.3 is 15.2 Å². The summed E-state index contributed by atoms with van der Waals surface area (Å²) in [6, 6.07) is -0.0437. The molecule has 102 valence electrons. The van der Waals surface area contributed by atoms with Crippen LogP contribution in [0.2, 0.25) is 0 Å². The van der Waals surface area contributed by atoms with E-state index in [2.05, 4.69) is 17.3 Å². The van der Waals surface area contributed by atoms with E-state index in [0.717, 1.165) is 43.7 Å². The van der Waals surface area contributed by atoms with Crippen molar-refractivity contribution in [3.63, 3.8) is 0 Å². The summed E-state index contributed by atoms with van der Waals surface area (Å²) in [5.74, 6) is 0. The molecule has 0 radical (unpaired) electrons. The van der Waals surface area contributed by atoms with Crippen molar-refractivity contribution in [3.8, 4) is 0 Å². The van der Waals surface area contributed by atoms with E-state index in [1.54, 1.807) is 0 Å². The predicted molar refractivity (Wildman–Crippen MR) is 69.4 cm³/mol. The number of aliphatic hydroxyl groups excluding tert-OH is 1. The first-order valence-corrected chi connectivity index (χ1v) is 6.72. The van der Waals surface area contributed by atoms with Gasteiger partial charge in [0.2, 0.25) is 0 Å². The fourth-order valence-corrected chi connectivity index (χ4v) is 2.47. The first-order valence-electron chi connectivity index (χ1n) is 6.72. The Kier molecular flexibility index (Phi) is 4.74. The van der Waals surface area contributed by atoms with Gasteiger partial charge in [0, 0.05) is 32.0 Å². The number of hydrogen-bond donors (Lipinski definition) is 2. The van der Waals surface area contributed by atoms with Crippen LogP contribution < -0.4 is 5.32 Å². The molecule has 1 aromatic heterocycles. The SMILES string of the molecule is CCc1nn(C)cc1C(CO)NCC1CCCO1. The summed E-state index contributed by atoms with van der Waals surface area (Å²) in [6.45, 7) is 3.83. The first kappa shape index (κ1) is 13.5. The molecule has 1 aliphatic rings. The van der Waals surface area contributed by atoms with Crippen molar-refractivity contribution >= 4 is 0 Å². The molecule has 18 heavy (non-hydrogen) atoms. The molecule has 0 aromatic carbocycles. The van der Waals surface area contributed by atoms with E-state index in [4.69, 9.17) is 4.74 Å². The highest BCUT2D eigenvalue weighted by Crippen LogP contribution is 2.18. The molecule has 1 aliphatic heterocycles. The topological polar surface area (TPSA) is 59.3 Å². The number of nitrogens with one attached hydrogen (secondary N) is 1. The van der Waals surface area contributed by atoms with Crippen LogP contribution in [0.25, 0.3) is 0 Å². The van der Waals surface area contributed by atoms with Gasteiger partial charge in [-0.25, -0.2) is 0 Å². The van der Waals surface area contributed by atoms with Gasteiger partial charge in [0.15, 0.2) is 0 Å². The van der Waals surface area contributed by atoms with E-state index in [-0.39, 0.29) is 12.6 Å². The van der Waals surface area contributed by atoms with Gasteiger partial charge in [-0.1, -0.05) is 6.92 Å². The number of hydrogen-bond acceptors (Lipinski definition) is 4. The summed E-state index contributed by atoms with van der Waals surface area (Å²) in [5.41, 5.74) is 2.15. The summed E-state index contributed by atoms with van der Waals surface area (Å²) in [5, 5.41) is 17.3. The van der Waals surface area contributed by atoms with Gasteiger partial charge in [0.25, 0.3) is 0 Å². The third-order valence-electron chi connectivity index (χ3n) is 3.45. The van der Waals surface area contributed by atoms with Gasteiger partial charge in [0.05, 0.1) is 24.4 Å². The highest BCUT2D eigenvalue weighted by Gasteiger charge is 2.20. The largest absolute Gasteiger partial charge is 0.394 e. The lowest BCUT2D eigenvalue weighted by Crippen LogP contribution is -2.32. The highest BCUT2D eigenvalue weighted by molar-refractivity contribution is 5.21. The third-order valence-corrected chi connectivity index (χ3v) is 3.45. The Morgan fingerprint density at radius 1 is 1.67 bits per heavy atom. The van der Waals surface area contributed by atoms with E-state index < -0.39 is 0 Å².